The molecule has 1 N–H and O–H groups in total. The van der Waals surface area contributed by atoms with E-state index < -0.39 is 29.7 Å². The number of hydrogen-bond acceptors (Lipinski definition) is 5. The fourth-order valence-corrected chi connectivity index (χ4v) is 2.66. The van der Waals surface area contributed by atoms with Crippen molar-refractivity contribution in [3.8, 4) is 5.75 Å². The third-order valence-corrected chi connectivity index (χ3v) is 4.49. The summed E-state index contributed by atoms with van der Waals surface area (Å²) in [5, 5.41) is 2.41. The van der Waals surface area contributed by atoms with Crippen LogP contribution < -0.4 is 10.1 Å². The van der Waals surface area contributed by atoms with Crippen molar-refractivity contribution in [2.75, 3.05) is 18.7 Å². The van der Waals surface area contributed by atoms with E-state index in [1.807, 2.05) is 6.26 Å². The van der Waals surface area contributed by atoms with E-state index in [4.69, 9.17) is 9.47 Å². The maximum absolute atomic E-state index is 12.6. The van der Waals surface area contributed by atoms with Crippen LogP contribution in [0.3, 0.4) is 0 Å². The maximum Gasteiger partial charge on any atom is 0.416 e. The molecule has 5 nitrogen and oxygen atoms in total. The van der Waals surface area contributed by atoms with Crippen LogP contribution in [0, 0.1) is 0 Å². The summed E-state index contributed by atoms with van der Waals surface area (Å²) in [6.45, 7) is 1.36. The number of halogens is 3. The van der Waals surface area contributed by atoms with Crippen LogP contribution >= 0.6 is 11.8 Å². The van der Waals surface area contributed by atoms with Gasteiger partial charge in [-0.15, -0.1) is 11.8 Å². The summed E-state index contributed by atoms with van der Waals surface area (Å²) >= 11 is 1.47. The molecular formula is C19H18F3NO4S. The first-order valence-electron chi connectivity index (χ1n) is 8.07. The van der Waals surface area contributed by atoms with Crippen molar-refractivity contribution in [1.82, 2.24) is 0 Å². The molecule has 28 heavy (non-hydrogen) atoms. The molecule has 0 radical (unpaired) electrons. The smallest absolute Gasteiger partial charge is 0.416 e. The van der Waals surface area contributed by atoms with Gasteiger partial charge in [0, 0.05) is 10.6 Å². The largest absolute Gasteiger partial charge is 0.496 e. The first kappa shape index (κ1) is 21.6. The highest BCUT2D eigenvalue weighted by atomic mass is 32.2. The Bertz CT molecular complexity index is 853. The van der Waals surface area contributed by atoms with Crippen LogP contribution in [0.1, 0.15) is 22.8 Å². The van der Waals surface area contributed by atoms with E-state index in [9.17, 15) is 22.8 Å². The number of amides is 1. The summed E-state index contributed by atoms with van der Waals surface area (Å²) in [4.78, 5) is 25.4. The van der Waals surface area contributed by atoms with Gasteiger partial charge in [0.25, 0.3) is 5.91 Å². The minimum atomic E-state index is -4.46. The Labute approximate surface area is 164 Å². The Morgan fingerprint density at radius 2 is 1.75 bits per heavy atom. The summed E-state index contributed by atoms with van der Waals surface area (Å²) in [7, 11) is 1.41. The van der Waals surface area contributed by atoms with Gasteiger partial charge in [0.2, 0.25) is 0 Å². The Morgan fingerprint density at radius 3 is 2.29 bits per heavy atom. The monoisotopic (exact) mass is 413 g/mol. The summed E-state index contributed by atoms with van der Waals surface area (Å²) < 4.78 is 48.0. The van der Waals surface area contributed by atoms with Crippen molar-refractivity contribution in [1.29, 1.82) is 0 Å². The number of anilines is 1. The lowest BCUT2D eigenvalue weighted by Crippen LogP contribution is -2.30. The van der Waals surface area contributed by atoms with E-state index in [-0.39, 0.29) is 11.3 Å². The number of benzene rings is 2. The highest BCUT2D eigenvalue weighted by Crippen LogP contribution is 2.30. The number of rotatable bonds is 6. The van der Waals surface area contributed by atoms with Crippen molar-refractivity contribution in [2.24, 2.45) is 0 Å². The highest BCUT2D eigenvalue weighted by Gasteiger charge is 2.30. The van der Waals surface area contributed by atoms with E-state index >= 15 is 0 Å². The van der Waals surface area contributed by atoms with E-state index in [0.29, 0.717) is 5.75 Å². The van der Waals surface area contributed by atoms with Crippen LogP contribution in [-0.4, -0.2) is 31.3 Å². The van der Waals surface area contributed by atoms with Gasteiger partial charge < -0.3 is 14.8 Å². The molecule has 0 heterocycles. The summed E-state index contributed by atoms with van der Waals surface area (Å²) in [5.41, 5.74) is -0.511. The fraction of sp³-hybridized carbons (Fsp3) is 0.263. The second-order valence-corrected chi connectivity index (χ2v) is 6.56. The average Bonchev–Trinajstić information content (AvgIpc) is 2.66. The molecular weight excluding hydrogens is 395 g/mol. The zero-order valence-electron chi connectivity index (χ0n) is 15.3. The number of methoxy groups -OCH3 is 1. The molecule has 150 valence electrons. The molecule has 0 unspecified atom stereocenters. The SMILES string of the molecule is COc1cc(SC)ccc1C(=O)O[C@H](C)C(=O)Nc1ccc(C(F)(F)F)cc1. The van der Waals surface area contributed by atoms with Gasteiger partial charge in [0.15, 0.2) is 6.10 Å². The Hall–Kier alpha value is -2.68. The van der Waals surface area contributed by atoms with Gasteiger partial charge in [0.1, 0.15) is 11.3 Å². The molecule has 0 spiro atoms. The van der Waals surface area contributed by atoms with Crippen LogP contribution in [0.2, 0.25) is 0 Å². The van der Waals surface area contributed by atoms with Gasteiger partial charge in [-0.1, -0.05) is 0 Å². The lowest BCUT2D eigenvalue weighted by Gasteiger charge is -2.15. The number of esters is 1. The molecule has 0 fully saturated rings. The summed E-state index contributed by atoms with van der Waals surface area (Å²) in [5.74, 6) is -1.11. The quantitative estimate of drug-likeness (QED) is 0.553. The van der Waals surface area contributed by atoms with Crippen LogP contribution in [-0.2, 0) is 15.7 Å². The molecule has 2 rings (SSSR count). The molecule has 9 heteroatoms. The first-order valence-corrected chi connectivity index (χ1v) is 9.29. The van der Waals surface area contributed by atoms with Crippen molar-refractivity contribution < 1.29 is 32.2 Å². The minimum Gasteiger partial charge on any atom is -0.496 e. The lowest BCUT2D eigenvalue weighted by molar-refractivity contribution is -0.137. The van der Waals surface area contributed by atoms with Crippen molar-refractivity contribution >= 4 is 29.3 Å². The van der Waals surface area contributed by atoms with Gasteiger partial charge in [0.05, 0.1) is 12.7 Å². The van der Waals surface area contributed by atoms with Crippen LogP contribution in [0.15, 0.2) is 47.4 Å². The second-order valence-electron chi connectivity index (χ2n) is 5.68. The Kier molecular flexibility index (Phi) is 6.95. The number of thioether (sulfide) groups is 1. The fourth-order valence-electron chi connectivity index (χ4n) is 2.23. The molecule has 0 aliphatic rings. The van der Waals surface area contributed by atoms with E-state index in [1.165, 1.54) is 31.9 Å². The van der Waals surface area contributed by atoms with Crippen LogP contribution in [0.4, 0.5) is 18.9 Å². The van der Waals surface area contributed by atoms with E-state index in [1.54, 1.807) is 12.1 Å². The van der Waals surface area contributed by atoms with Crippen LogP contribution in [0.25, 0.3) is 0 Å². The Morgan fingerprint density at radius 1 is 1.11 bits per heavy atom. The summed E-state index contributed by atoms with van der Waals surface area (Å²) in [6.07, 6.45) is -3.75. The normalized spacial score (nSPS) is 12.2. The third kappa shape index (κ3) is 5.41. The lowest BCUT2D eigenvalue weighted by atomic mass is 10.2. The predicted octanol–water partition coefficient (Wildman–Crippen LogP) is 4.62. The number of alkyl halides is 3. The van der Waals surface area contributed by atoms with Gasteiger partial charge in [-0.05, 0) is 55.6 Å². The minimum absolute atomic E-state index is 0.155. The zero-order chi connectivity index (χ0) is 20.9. The number of ether oxygens (including phenoxy) is 2. The molecule has 2 aromatic rings. The molecule has 1 atom stereocenters. The van der Waals surface area contributed by atoms with Crippen molar-refractivity contribution in [3.05, 3.63) is 53.6 Å². The van der Waals surface area contributed by atoms with E-state index in [0.717, 1.165) is 29.2 Å². The first-order chi connectivity index (χ1) is 13.2. The molecule has 0 bridgehead atoms. The van der Waals surface area contributed by atoms with Gasteiger partial charge in [-0.25, -0.2) is 4.79 Å². The molecule has 0 aliphatic carbocycles. The van der Waals surface area contributed by atoms with Gasteiger partial charge in [-0.3, -0.25) is 4.79 Å². The molecule has 0 aromatic heterocycles. The second kappa shape index (κ2) is 9.01. The van der Waals surface area contributed by atoms with Gasteiger partial charge in [-0.2, -0.15) is 13.2 Å². The van der Waals surface area contributed by atoms with Crippen molar-refractivity contribution in [2.45, 2.75) is 24.1 Å². The summed E-state index contributed by atoms with van der Waals surface area (Å²) in [6, 6.07) is 8.88. The zero-order valence-corrected chi connectivity index (χ0v) is 16.1. The molecule has 0 saturated heterocycles. The molecule has 0 saturated carbocycles. The number of hydrogen-bond donors (Lipinski definition) is 1. The molecule has 0 aliphatic heterocycles. The number of carbonyl (C=O) groups is 2. The highest BCUT2D eigenvalue weighted by molar-refractivity contribution is 7.98. The standard InChI is InChI=1S/C19H18F3NO4S/c1-11(17(24)23-13-6-4-12(5-7-13)19(20,21)22)27-18(25)15-9-8-14(28-3)10-16(15)26-2/h4-11H,1-3H3,(H,23,24)/t11-/m1/s1. The number of carbonyl (C=O) groups excluding carboxylic acids is 2. The molecule has 1 amide bonds. The average molecular weight is 413 g/mol. The number of nitrogens with one attached hydrogen (secondary N) is 1. The van der Waals surface area contributed by atoms with Gasteiger partial charge >= 0.3 is 12.1 Å². The van der Waals surface area contributed by atoms with Crippen LogP contribution in [0.5, 0.6) is 5.75 Å². The Balaban J connectivity index is 2.03. The van der Waals surface area contributed by atoms with Crippen molar-refractivity contribution in [3.63, 3.8) is 0 Å². The third-order valence-electron chi connectivity index (χ3n) is 3.76. The maximum atomic E-state index is 12.6. The predicted molar refractivity (Wildman–Crippen MR) is 99.7 cm³/mol. The topological polar surface area (TPSA) is 64.6 Å². The van der Waals surface area contributed by atoms with E-state index in [2.05, 4.69) is 5.32 Å². The molecule has 2 aromatic carbocycles.